The third-order valence-electron chi connectivity index (χ3n) is 3.60. The monoisotopic (exact) mass is 331 g/mol. The lowest BCUT2D eigenvalue weighted by Crippen LogP contribution is -2.19. The largest absolute Gasteiger partial charge is 0.379 e. The number of nitrogens with zero attached hydrogens (tertiary/aromatic N) is 2. The number of benzene rings is 1. The first-order valence-corrected chi connectivity index (χ1v) is 7.79. The number of hydrogen-bond acceptors (Lipinski definition) is 3. The predicted molar refractivity (Wildman–Crippen MR) is 87.2 cm³/mol. The summed E-state index contributed by atoms with van der Waals surface area (Å²) in [6.07, 6.45) is 6.30. The first-order chi connectivity index (χ1) is 9.83. The zero-order chi connectivity index (χ0) is 13.8. The molecular formula is C16H18BrN3. The second-order valence-electron chi connectivity index (χ2n) is 5.08. The summed E-state index contributed by atoms with van der Waals surface area (Å²) < 4.78 is 1.02. The highest BCUT2D eigenvalue weighted by Gasteiger charge is 2.15. The zero-order valence-corrected chi connectivity index (χ0v) is 12.9. The Kier molecular flexibility index (Phi) is 4.21. The van der Waals surface area contributed by atoms with Crippen molar-refractivity contribution in [1.82, 2.24) is 4.98 Å². The van der Waals surface area contributed by atoms with Gasteiger partial charge >= 0.3 is 0 Å². The average Bonchev–Trinajstić information content (AvgIpc) is 3.00. The molecule has 2 heterocycles. The van der Waals surface area contributed by atoms with Gasteiger partial charge in [-0.05, 0) is 52.5 Å². The normalized spacial score (nSPS) is 14.6. The molecule has 0 atom stereocenters. The van der Waals surface area contributed by atoms with Gasteiger partial charge in [0.2, 0.25) is 0 Å². The molecule has 0 bridgehead atoms. The van der Waals surface area contributed by atoms with Gasteiger partial charge in [0, 0.05) is 36.5 Å². The molecule has 3 rings (SSSR count). The van der Waals surface area contributed by atoms with Gasteiger partial charge in [-0.2, -0.15) is 0 Å². The van der Waals surface area contributed by atoms with Crippen LogP contribution in [0, 0.1) is 0 Å². The smallest absolute Gasteiger partial charge is 0.0602 e. The van der Waals surface area contributed by atoms with Crippen molar-refractivity contribution in [3.8, 4) is 0 Å². The minimum Gasteiger partial charge on any atom is -0.379 e. The van der Waals surface area contributed by atoms with Crippen LogP contribution in [0.1, 0.15) is 18.4 Å². The van der Waals surface area contributed by atoms with Crippen molar-refractivity contribution in [3.63, 3.8) is 0 Å². The van der Waals surface area contributed by atoms with Crippen LogP contribution < -0.4 is 10.2 Å². The van der Waals surface area contributed by atoms with Gasteiger partial charge in [-0.1, -0.05) is 12.1 Å². The van der Waals surface area contributed by atoms with Gasteiger partial charge in [-0.15, -0.1) is 0 Å². The van der Waals surface area contributed by atoms with Gasteiger partial charge in [-0.25, -0.2) is 0 Å². The molecule has 20 heavy (non-hydrogen) atoms. The number of anilines is 2. The summed E-state index contributed by atoms with van der Waals surface area (Å²) in [5.74, 6) is 0. The topological polar surface area (TPSA) is 28.2 Å². The van der Waals surface area contributed by atoms with Crippen LogP contribution in [0.4, 0.5) is 11.4 Å². The third kappa shape index (κ3) is 3.12. The van der Waals surface area contributed by atoms with Gasteiger partial charge in [0.15, 0.2) is 0 Å². The molecule has 1 aliphatic heterocycles. The van der Waals surface area contributed by atoms with E-state index < -0.39 is 0 Å². The summed E-state index contributed by atoms with van der Waals surface area (Å²) in [5, 5.41) is 3.53. The molecule has 0 amide bonds. The molecule has 0 spiro atoms. The summed E-state index contributed by atoms with van der Waals surface area (Å²) in [6, 6.07) is 10.6. The molecule has 1 aliphatic rings. The fourth-order valence-corrected chi connectivity index (χ4v) is 3.02. The van der Waals surface area contributed by atoms with Crippen LogP contribution >= 0.6 is 15.9 Å². The number of nitrogens with one attached hydrogen (secondary N) is 1. The zero-order valence-electron chi connectivity index (χ0n) is 11.3. The van der Waals surface area contributed by atoms with Crippen LogP contribution in [0.2, 0.25) is 0 Å². The van der Waals surface area contributed by atoms with E-state index in [1.807, 2.05) is 12.4 Å². The molecule has 3 nitrogen and oxygen atoms in total. The van der Waals surface area contributed by atoms with Crippen LogP contribution in [0.3, 0.4) is 0 Å². The molecule has 0 aliphatic carbocycles. The van der Waals surface area contributed by atoms with E-state index in [0.717, 1.165) is 24.1 Å². The lowest BCUT2D eigenvalue weighted by atomic mass is 10.2. The highest BCUT2D eigenvalue weighted by Crippen LogP contribution is 2.29. The van der Waals surface area contributed by atoms with Crippen molar-refractivity contribution in [1.29, 1.82) is 0 Å². The fraction of sp³-hybridized carbons (Fsp3) is 0.312. The number of pyridine rings is 1. The number of para-hydroxylation sites is 2. The molecule has 0 unspecified atom stereocenters. The van der Waals surface area contributed by atoms with E-state index in [0.29, 0.717) is 0 Å². The van der Waals surface area contributed by atoms with Gasteiger partial charge < -0.3 is 10.2 Å². The van der Waals surface area contributed by atoms with Gasteiger partial charge in [0.25, 0.3) is 0 Å². The Morgan fingerprint density at radius 2 is 1.95 bits per heavy atom. The SMILES string of the molecule is Brc1cncc(CNc2ccccc2N2CCCC2)c1. The Balaban J connectivity index is 1.74. The number of halogens is 1. The van der Waals surface area contributed by atoms with Crippen LogP contribution in [0.5, 0.6) is 0 Å². The van der Waals surface area contributed by atoms with Crippen molar-refractivity contribution in [2.45, 2.75) is 19.4 Å². The van der Waals surface area contributed by atoms with Gasteiger partial charge in [-0.3, -0.25) is 4.98 Å². The van der Waals surface area contributed by atoms with E-state index in [1.165, 1.54) is 29.8 Å². The van der Waals surface area contributed by atoms with Crippen LogP contribution in [-0.2, 0) is 6.54 Å². The minimum absolute atomic E-state index is 0.789. The van der Waals surface area contributed by atoms with E-state index in [2.05, 4.69) is 61.5 Å². The standard InChI is InChI=1S/C16H18BrN3/c17-14-9-13(10-18-12-14)11-19-15-5-1-2-6-16(15)20-7-3-4-8-20/h1-2,5-6,9-10,12,19H,3-4,7-8,11H2. The molecule has 0 saturated carbocycles. The summed E-state index contributed by atoms with van der Waals surface area (Å²) in [4.78, 5) is 6.66. The molecule has 1 N–H and O–H groups in total. The van der Waals surface area contributed by atoms with Crippen molar-refractivity contribution in [3.05, 3.63) is 52.8 Å². The molecule has 104 valence electrons. The van der Waals surface area contributed by atoms with Crippen LogP contribution in [0.25, 0.3) is 0 Å². The third-order valence-corrected chi connectivity index (χ3v) is 4.03. The molecule has 1 aromatic carbocycles. The van der Waals surface area contributed by atoms with Crippen molar-refractivity contribution < 1.29 is 0 Å². The average molecular weight is 332 g/mol. The van der Waals surface area contributed by atoms with Crippen LogP contribution in [0.15, 0.2) is 47.2 Å². The van der Waals surface area contributed by atoms with Gasteiger partial charge in [0.1, 0.15) is 0 Å². The van der Waals surface area contributed by atoms with E-state index in [9.17, 15) is 0 Å². The van der Waals surface area contributed by atoms with Crippen molar-refractivity contribution in [2.24, 2.45) is 0 Å². The molecule has 1 fully saturated rings. The Hall–Kier alpha value is -1.55. The Morgan fingerprint density at radius 1 is 1.15 bits per heavy atom. The van der Waals surface area contributed by atoms with E-state index in [4.69, 9.17) is 0 Å². The van der Waals surface area contributed by atoms with Crippen LogP contribution in [-0.4, -0.2) is 18.1 Å². The fourth-order valence-electron chi connectivity index (χ4n) is 2.61. The molecule has 1 aromatic heterocycles. The lowest BCUT2D eigenvalue weighted by Gasteiger charge is -2.22. The predicted octanol–water partition coefficient (Wildman–Crippen LogP) is 4.06. The summed E-state index contributed by atoms with van der Waals surface area (Å²) in [5.41, 5.74) is 3.69. The van der Waals surface area contributed by atoms with Crippen molar-refractivity contribution >= 4 is 27.3 Å². The Labute approximate surface area is 128 Å². The second-order valence-corrected chi connectivity index (χ2v) is 5.99. The number of aromatic nitrogens is 1. The highest BCUT2D eigenvalue weighted by atomic mass is 79.9. The van der Waals surface area contributed by atoms with E-state index >= 15 is 0 Å². The quantitative estimate of drug-likeness (QED) is 0.915. The molecular weight excluding hydrogens is 314 g/mol. The summed E-state index contributed by atoms with van der Waals surface area (Å²) >= 11 is 3.46. The lowest BCUT2D eigenvalue weighted by molar-refractivity contribution is 0.949. The molecule has 0 radical (unpaired) electrons. The maximum Gasteiger partial charge on any atom is 0.0602 e. The second kappa shape index (κ2) is 6.27. The number of rotatable bonds is 4. The summed E-state index contributed by atoms with van der Waals surface area (Å²) in [6.45, 7) is 3.12. The highest BCUT2D eigenvalue weighted by molar-refractivity contribution is 9.10. The van der Waals surface area contributed by atoms with Gasteiger partial charge in [0.05, 0.1) is 11.4 Å². The first kappa shape index (κ1) is 13.4. The maximum atomic E-state index is 4.20. The molecule has 2 aromatic rings. The van der Waals surface area contributed by atoms with E-state index in [1.54, 1.807) is 0 Å². The Morgan fingerprint density at radius 3 is 2.75 bits per heavy atom. The minimum atomic E-state index is 0.789. The maximum absolute atomic E-state index is 4.20. The summed E-state index contributed by atoms with van der Waals surface area (Å²) in [7, 11) is 0. The molecule has 1 saturated heterocycles. The van der Waals surface area contributed by atoms with Crippen molar-refractivity contribution in [2.75, 3.05) is 23.3 Å². The van der Waals surface area contributed by atoms with E-state index in [-0.39, 0.29) is 0 Å². The Bertz CT molecular complexity index is 579. The number of hydrogen-bond donors (Lipinski definition) is 1. The molecule has 4 heteroatoms. The first-order valence-electron chi connectivity index (χ1n) is 7.00.